The lowest BCUT2D eigenvalue weighted by molar-refractivity contribution is -0.864. The van der Waals surface area contributed by atoms with Crippen LogP contribution in [-0.2, 0) is 39.8 Å². The summed E-state index contributed by atoms with van der Waals surface area (Å²) < 4.78 is 13.4. The maximum atomic E-state index is 13.5. The Morgan fingerprint density at radius 3 is 1.65 bits per heavy atom. The van der Waals surface area contributed by atoms with Crippen LogP contribution in [0.2, 0.25) is 0 Å². The minimum Gasteiger partial charge on any atom is -0.633 e. The molecule has 2 aromatic carbocycles. The van der Waals surface area contributed by atoms with Crippen molar-refractivity contribution in [2.24, 2.45) is 25.6 Å². The third-order valence-corrected chi connectivity index (χ3v) is 13.3. The Kier molecular flexibility index (Phi) is 12.2. The van der Waals surface area contributed by atoms with Gasteiger partial charge in [0, 0.05) is 81.6 Å². The van der Waals surface area contributed by atoms with Crippen molar-refractivity contribution in [1.82, 2.24) is 49.0 Å². The number of nitrogens with one attached hydrogen (secondary N) is 2. The van der Waals surface area contributed by atoms with Gasteiger partial charge < -0.3 is 61.1 Å². The van der Waals surface area contributed by atoms with Crippen LogP contribution in [-0.4, -0.2) is 142 Å². The van der Waals surface area contributed by atoms with Crippen molar-refractivity contribution in [2.45, 2.75) is 25.7 Å². The summed E-state index contributed by atoms with van der Waals surface area (Å²) in [5.74, 6) is 0.925. The van der Waals surface area contributed by atoms with Crippen LogP contribution in [0.4, 0.5) is 34.6 Å². The van der Waals surface area contributed by atoms with Crippen molar-refractivity contribution in [2.75, 3.05) is 96.2 Å². The number of aryl methyl sites for hydroxylation is 4. The Morgan fingerprint density at radius 2 is 1.16 bits per heavy atom. The van der Waals surface area contributed by atoms with E-state index in [9.17, 15) is 20.0 Å². The molecule has 22 nitrogen and oxygen atoms in total. The van der Waals surface area contributed by atoms with Crippen LogP contribution in [0.25, 0.3) is 22.8 Å². The molecule has 0 atom stereocenters. The van der Waals surface area contributed by atoms with Crippen LogP contribution in [0.3, 0.4) is 0 Å². The van der Waals surface area contributed by atoms with E-state index in [1.807, 2.05) is 12.3 Å². The number of carbonyl (C=O) groups excluding carboxylic acids is 2. The normalized spacial score (nSPS) is 19.6. The van der Waals surface area contributed by atoms with Crippen molar-refractivity contribution in [1.29, 1.82) is 0 Å². The van der Waals surface area contributed by atoms with Crippen molar-refractivity contribution in [3.8, 4) is 34.3 Å². The summed E-state index contributed by atoms with van der Waals surface area (Å²) >= 11 is 0. The SMILES string of the molecule is COc1ccc(N2CCN(C)CC2)cc1Nc1ncc2c(n1)-c1c(c(C(N)=O)nn1C)CC2.COc1ccc([N+]2([O-])CC[N+](C)([O-])CC2)cc1Nc1ncc2c(n1)-c1c(c(C(N)=O)nn1C)CC2. The van der Waals surface area contributed by atoms with E-state index in [-0.39, 0.29) is 31.9 Å². The number of quaternary nitrogens is 2. The number of primary amides is 2. The van der Waals surface area contributed by atoms with E-state index in [4.69, 9.17) is 30.9 Å². The van der Waals surface area contributed by atoms with E-state index in [0.29, 0.717) is 65.4 Å². The van der Waals surface area contributed by atoms with Gasteiger partial charge in [-0.2, -0.15) is 10.2 Å². The van der Waals surface area contributed by atoms with Gasteiger partial charge in [-0.1, -0.05) is 0 Å². The molecule has 6 aromatic rings. The monoisotopic (exact) mass is 928 g/mol. The van der Waals surface area contributed by atoms with Crippen LogP contribution >= 0.6 is 0 Å². The largest absolute Gasteiger partial charge is 0.633 e. The van der Waals surface area contributed by atoms with Crippen molar-refractivity contribution in [3.63, 3.8) is 0 Å². The molecule has 22 heteroatoms. The average molecular weight is 929 g/mol. The van der Waals surface area contributed by atoms with E-state index in [0.717, 1.165) is 83.3 Å². The van der Waals surface area contributed by atoms with Gasteiger partial charge in [0.2, 0.25) is 11.9 Å². The number of hydrogen-bond donors (Lipinski definition) is 4. The zero-order valence-electron chi connectivity index (χ0n) is 39.1. The van der Waals surface area contributed by atoms with Gasteiger partial charge >= 0.3 is 0 Å². The highest BCUT2D eigenvalue weighted by atomic mass is 16.6. The second-order valence-corrected chi connectivity index (χ2v) is 17.9. The Labute approximate surface area is 392 Å². The van der Waals surface area contributed by atoms with Gasteiger partial charge in [0.15, 0.2) is 11.4 Å². The number of piperazine rings is 2. The number of likely N-dealkylation sites (N-methyl/N-ethyl adjacent to an activating group) is 2. The molecule has 2 aliphatic heterocycles. The van der Waals surface area contributed by atoms with Gasteiger partial charge in [-0.25, -0.2) is 19.9 Å². The minimum atomic E-state index is -0.575. The Balaban J connectivity index is 0.000000170. The number of hydrogen-bond acceptors (Lipinski definition) is 16. The number of fused-ring (bicyclic) bond motifs is 6. The summed E-state index contributed by atoms with van der Waals surface area (Å²) in [6.07, 6.45) is 6.30. The van der Waals surface area contributed by atoms with E-state index >= 15 is 0 Å². The molecule has 4 aromatic heterocycles. The fourth-order valence-corrected chi connectivity index (χ4v) is 9.40. The molecule has 10 rings (SSSR count). The van der Waals surface area contributed by atoms with Crippen LogP contribution in [0.15, 0.2) is 48.8 Å². The fraction of sp³-hybridized carbons (Fsp3) is 0.391. The molecule has 6 N–H and O–H groups in total. The molecule has 6 heterocycles. The van der Waals surface area contributed by atoms with Gasteiger partial charge in [-0.3, -0.25) is 19.0 Å². The number of hydroxylamine groups is 5. The number of nitrogens with zero attached hydrogens (tertiary/aromatic N) is 12. The third-order valence-electron chi connectivity index (χ3n) is 13.3. The van der Waals surface area contributed by atoms with Crippen LogP contribution in [0.1, 0.15) is 43.2 Å². The molecule has 0 spiro atoms. The lowest BCUT2D eigenvalue weighted by Crippen LogP contribution is -2.61. The van der Waals surface area contributed by atoms with Gasteiger partial charge in [0.25, 0.3) is 11.8 Å². The summed E-state index contributed by atoms with van der Waals surface area (Å²) in [7, 11) is 10.5. The topological polar surface area (TPSA) is 268 Å². The number of carbonyl (C=O) groups is 2. The fourth-order valence-electron chi connectivity index (χ4n) is 9.40. The molecule has 4 aliphatic rings. The van der Waals surface area contributed by atoms with Crippen LogP contribution in [0.5, 0.6) is 11.5 Å². The molecule has 2 amide bonds. The molecule has 2 fully saturated rings. The standard InChI is InChI=1S/C23H28N8O4.C23H28N8O2/c1-29-21-16(20(28-29)22(24)32)6-4-14-13-25-23(27-19(14)21)26-17-12-15(5-7-18(17)35-3)31(34)10-8-30(2,33)9-11-31;1-29-8-10-31(11-9-29)15-5-7-18(33-3)17(12-15)26-23-25-13-14-4-6-16-20(22(24)32)28-30(2)21(16)19(14)27-23/h5,7,12-13H,4,6,8-11H2,1-3H3,(H2,24,32)(H,25,26,27);5,7,12-13H,4,6,8-11H2,1-3H3,(H2,24,32)(H,25,26,27). The van der Waals surface area contributed by atoms with Crippen molar-refractivity contribution < 1.29 is 23.7 Å². The first-order chi connectivity index (χ1) is 32.5. The molecule has 2 saturated heterocycles. The van der Waals surface area contributed by atoms with E-state index in [1.54, 1.807) is 69.1 Å². The lowest BCUT2D eigenvalue weighted by atomic mass is 9.93. The third kappa shape index (κ3) is 8.86. The van der Waals surface area contributed by atoms with Gasteiger partial charge in [0.05, 0.1) is 55.4 Å². The molecule has 2 aliphatic carbocycles. The summed E-state index contributed by atoms with van der Waals surface area (Å²) in [5.41, 5.74) is 21.2. The molecule has 0 radical (unpaired) electrons. The number of ether oxygens (including phenoxy) is 2. The zero-order chi connectivity index (χ0) is 48.1. The Bertz CT molecular complexity index is 2910. The number of rotatable bonds is 10. The van der Waals surface area contributed by atoms with E-state index < -0.39 is 21.1 Å². The number of methoxy groups -OCH3 is 2. The van der Waals surface area contributed by atoms with Gasteiger partial charge in [-0.15, -0.1) is 0 Å². The Morgan fingerprint density at radius 1 is 0.676 bits per heavy atom. The summed E-state index contributed by atoms with van der Waals surface area (Å²) in [4.78, 5) is 46.9. The molecule has 0 unspecified atom stereocenters. The van der Waals surface area contributed by atoms with Crippen LogP contribution in [0, 0.1) is 10.4 Å². The van der Waals surface area contributed by atoms with Gasteiger partial charge in [0.1, 0.15) is 43.4 Å². The lowest BCUT2D eigenvalue weighted by Gasteiger charge is -2.52. The maximum Gasteiger partial charge on any atom is 0.269 e. The number of amides is 2. The zero-order valence-corrected chi connectivity index (χ0v) is 39.1. The number of benzene rings is 2. The Hall–Kier alpha value is -7.24. The number of aromatic nitrogens is 8. The van der Waals surface area contributed by atoms with Crippen molar-refractivity contribution in [3.05, 3.63) is 92.8 Å². The first kappa shape index (κ1) is 45.9. The molecule has 356 valence electrons. The van der Waals surface area contributed by atoms with Crippen LogP contribution < -0.4 is 41.1 Å². The first-order valence-corrected chi connectivity index (χ1v) is 22.5. The predicted molar refractivity (Wildman–Crippen MR) is 257 cm³/mol. The maximum absolute atomic E-state index is 13.5. The van der Waals surface area contributed by atoms with E-state index in [2.05, 4.69) is 59.8 Å². The summed E-state index contributed by atoms with van der Waals surface area (Å²) in [6.45, 7) is 4.93. The average Bonchev–Trinajstić information content (AvgIpc) is 3.87. The highest BCUT2D eigenvalue weighted by molar-refractivity contribution is 5.95. The van der Waals surface area contributed by atoms with Crippen molar-refractivity contribution >= 4 is 46.5 Å². The number of anilines is 5. The number of nitrogens with two attached hydrogens (primary N) is 2. The molecular formula is C46H56N16O6. The smallest absolute Gasteiger partial charge is 0.269 e. The highest BCUT2D eigenvalue weighted by Crippen LogP contribution is 2.39. The molecule has 0 bridgehead atoms. The second-order valence-electron chi connectivity index (χ2n) is 17.9. The highest BCUT2D eigenvalue weighted by Gasteiger charge is 2.33. The molecule has 0 saturated carbocycles. The predicted octanol–water partition coefficient (Wildman–Crippen LogP) is 3.17. The summed E-state index contributed by atoms with van der Waals surface area (Å²) in [6, 6.07) is 11.3. The molecular weight excluding hydrogens is 873 g/mol. The molecule has 68 heavy (non-hydrogen) atoms. The quantitative estimate of drug-likeness (QED) is 0.114. The second kappa shape index (κ2) is 18.1. The van der Waals surface area contributed by atoms with E-state index in [1.165, 1.54) is 0 Å². The first-order valence-electron chi connectivity index (χ1n) is 22.5. The minimum absolute atomic E-state index is 0.201. The summed E-state index contributed by atoms with van der Waals surface area (Å²) in [5, 5.41) is 40.9. The van der Waals surface area contributed by atoms with Gasteiger partial charge in [-0.05, 0) is 68.1 Å².